The molecular weight excluding hydrogens is 186 g/mol. The number of hydrogen-bond donors (Lipinski definition) is 3. The van der Waals surface area contributed by atoms with Crippen molar-refractivity contribution in [2.24, 2.45) is 0 Å². The fourth-order valence-electron chi connectivity index (χ4n) is 1.35. The predicted octanol–water partition coefficient (Wildman–Crippen LogP) is 0.694. The standard InChI is InChI=1S/C7H15N.C2H2O4/c1-2-4-7-5-3-6-8-7;3-1(4)2(5)6/h7-8H,2-6H2,1H3;(H,3,4)(H,5,6). The summed E-state index contributed by atoms with van der Waals surface area (Å²) in [6, 6.07) is 0.861. The Bertz CT molecular complexity index is 175. The largest absolute Gasteiger partial charge is 0.473 e. The smallest absolute Gasteiger partial charge is 0.414 e. The van der Waals surface area contributed by atoms with E-state index in [0.29, 0.717) is 0 Å². The van der Waals surface area contributed by atoms with Crippen molar-refractivity contribution in [2.45, 2.75) is 38.6 Å². The average Bonchev–Trinajstić information content (AvgIpc) is 2.58. The van der Waals surface area contributed by atoms with Crippen LogP contribution in [0.5, 0.6) is 0 Å². The summed E-state index contributed by atoms with van der Waals surface area (Å²) in [7, 11) is 0. The molecule has 0 amide bonds. The highest BCUT2D eigenvalue weighted by atomic mass is 16.4. The van der Waals surface area contributed by atoms with Crippen molar-refractivity contribution >= 4 is 11.9 Å². The average molecular weight is 203 g/mol. The molecule has 0 spiro atoms. The van der Waals surface area contributed by atoms with Crippen LogP contribution in [-0.4, -0.2) is 34.7 Å². The maximum Gasteiger partial charge on any atom is 0.414 e. The highest BCUT2D eigenvalue weighted by Crippen LogP contribution is 2.09. The van der Waals surface area contributed by atoms with Crippen LogP contribution in [0.15, 0.2) is 0 Å². The zero-order valence-electron chi connectivity index (χ0n) is 8.32. The van der Waals surface area contributed by atoms with Crippen LogP contribution in [0.4, 0.5) is 0 Å². The van der Waals surface area contributed by atoms with Crippen LogP contribution < -0.4 is 5.32 Å². The van der Waals surface area contributed by atoms with E-state index in [1.165, 1.54) is 32.2 Å². The van der Waals surface area contributed by atoms with Gasteiger partial charge in [0.05, 0.1) is 0 Å². The molecule has 0 aliphatic carbocycles. The van der Waals surface area contributed by atoms with Gasteiger partial charge in [-0.15, -0.1) is 0 Å². The summed E-state index contributed by atoms with van der Waals surface area (Å²) in [5.74, 6) is -3.65. The number of carbonyl (C=O) groups is 2. The molecule has 1 heterocycles. The monoisotopic (exact) mass is 203 g/mol. The Hall–Kier alpha value is -1.10. The van der Waals surface area contributed by atoms with Crippen molar-refractivity contribution in [3.63, 3.8) is 0 Å². The molecule has 5 heteroatoms. The van der Waals surface area contributed by atoms with E-state index in [2.05, 4.69) is 12.2 Å². The van der Waals surface area contributed by atoms with Crippen LogP contribution in [0.25, 0.3) is 0 Å². The molecule has 14 heavy (non-hydrogen) atoms. The maximum atomic E-state index is 9.10. The Balaban J connectivity index is 0.000000255. The Morgan fingerprint density at radius 1 is 1.36 bits per heavy atom. The minimum absolute atomic E-state index is 0.861. The molecular formula is C9H17NO4. The molecule has 1 aliphatic heterocycles. The van der Waals surface area contributed by atoms with Crippen molar-refractivity contribution in [1.29, 1.82) is 0 Å². The van der Waals surface area contributed by atoms with E-state index in [4.69, 9.17) is 19.8 Å². The van der Waals surface area contributed by atoms with Crippen molar-refractivity contribution < 1.29 is 19.8 Å². The second-order valence-corrected chi connectivity index (χ2v) is 3.19. The van der Waals surface area contributed by atoms with Crippen molar-refractivity contribution in [3.8, 4) is 0 Å². The van der Waals surface area contributed by atoms with Crippen LogP contribution in [0.3, 0.4) is 0 Å². The van der Waals surface area contributed by atoms with E-state index in [9.17, 15) is 0 Å². The Morgan fingerprint density at radius 3 is 2.21 bits per heavy atom. The molecule has 0 saturated carbocycles. The van der Waals surface area contributed by atoms with Crippen LogP contribution in [-0.2, 0) is 9.59 Å². The third kappa shape index (κ3) is 6.42. The highest BCUT2D eigenvalue weighted by Gasteiger charge is 2.11. The van der Waals surface area contributed by atoms with E-state index < -0.39 is 11.9 Å². The van der Waals surface area contributed by atoms with Gasteiger partial charge in [-0.2, -0.15) is 0 Å². The van der Waals surface area contributed by atoms with Gasteiger partial charge in [0.2, 0.25) is 0 Å². The third-order valence-corrected chi connectivity index (χ3v) is 1.98. The molecule has 1 aliphatic rings. The molecule has 0 radical (unpaired) electrons. The molecule has 0 bridgehead atoms. The summed E-state index contributed by atoms with van der Waals surface area (Å²) in [6.45, 7) is 3.50. The topological polar surface area (TPSA) is 86.6 Å². The van der Waals surface area contributed by atoms with Gasteiger partial charge in [0.1, 0.15) is 0 Å². The summed E-state index contributed by atoms with van der Waals surface area (Å²) in [5.41, 5.74) is 0. The summed E-state index contributed by atoms with van der Waals surface area (Å²) in [4.78, 5) is 18.2. The SMILES string of the molecule is CCCC1CCCN1.O=C(O)C(=O)O. The van der Waals surface area contributed by atoms with E-state index >= 15 is 0 Å². The normalized spacial score (nSPS) is 19.6. The molecule has 0 aromatic rings. The molecule has 0 aromatic heterocycles. The van der Waals surface area contributed by atoms with Gasteiger partial charge in [0.15, 0.2) is 0 Å². The lowest BCUT2D eigenvalue weighted by Gasteiger charge is -2.05. The van der Waals surface area contributed by atoms with Gasteiger partial charge in [-0.05, 0) is 25.8 Å². The van der Waals surface area contributed by atoms with Crippen molar-refractivity contribution in [1.82, 2.24) is 5.32 Å². The minimum atomic E-state index is -1.82. The van der Waals surface area contributed by atoms with E-state index in [0.717, 1.165) is 6.04 Å². The van der Waals surface area contributed by atoms with Gasteiger partial charge in [-0.25, -0.2) is 9.59 Å². The first-order valence-electron chi connectivity index (χ1n) is 4.77. The quantitative estimate of drug-likeness (QED) is 0.575. The predicted molar refractivity (Wildman–Crippen MR) is 51.2 cm³/mol. The molecule has 3 N–H and O–H groups in total. The van der Waals surface area contributed by atoms with Gasteiger partial charge in [0, 0.05) is 6.04 Å². The molecule has 5 nitrogen and oxygen atoms in total. The second-order valence-electron chi connectivity index (χ2n) is 3.19. The van der Waals surface area contributed by atoms with Gasteiger partial charge in [-0.3, -0.25) is 0 Å². The fourth-order valence-corrected chi connectivity index (χ4v) is 1.35. The lowest BCUT2D eigenvalue weighted by molar-refractivity contribution is -0.159. The summed E-state index contributed by atoms with van der Waals surface area (Å²) >= 11 is 0. The number of carboxylic acid groups (broad SMARTS) is 2. The molecule has 1 saturated heterocycles. The third-order valence-electron chi connectivity index (χ3n) is 1.98. The first kappa shape index (κ1) is 12.9. The molecule has 82 valence electrons. The Labute approximate surface area is 83.1 Å². The maximum absolute atomic E-state index is 9.10. The molecule has 1 unspecified atom stereocenters. The van der Waals surface area contributed by atoms with Crippen LogP contribution in [0, 0.1) is 0 Å². The lowest BCUT2D eigenvalue weighted by atomic mass is 10.1. The van der Waals surface area contributed by atoms with Crippen LogP contribution in [0.1, 0.15) is 32.6 Å². The highest BCUT2D eigenvalue weighted by molar-refractivity contribution is 6.27. The zero-order chi connectivity index (χ0) is 11.0. The summed E-state index contributed by atoms with van der Waals surface area (Å²) < 4.78 is 0. The van der Waals surface area contributed by atoms with Crippen LogP contribution >= 0.6 is 0 Å². The van der Waals surface area contributed by atoms with Crippen LogP contribution in [0.2, 0.25) is 0 Å². The number of aliphatic carboxylic acids is 2. The van der Waals surface area contributed by atoms with E-state index in [1.807, 2.05) is 0 Å². The zero-order valence-corrected chi connectivity index (χ0v) is 8.32. The number of nitrogens with one attached hydrogen (secondary N) is 1. The van der Waals surface area contributed by atoms with Gasteiger partial charge >= 0.3 is 11.9 Å². The fraction of sp³-hybridized carbons (Fsp3) is 0.778. The Morgan fingerprint density at radius 2 is 1.93 bits per heavy atom. The number of rotatable bonds is 2. The lowest BCUT2D eigenvalue weighted by Crippen LogP contribution is -2.20. The summed E-state index contributed by atoms with van der Waals surface area (Å²) in [6.07, 6.45) is 5.51. The van der Waals surface area contributed by atoms with Gasteiger partial charge in [-0.1, -0.05) is 13.3 Å². The molecule has 0 aromatic carbocycles. The number of carboxylic acids is 2. The second kappa shape index (κ2) is 7.32. The first-order chi connectivity index (χ1) is 6.57. The molecule has 1 rings (SSSR count). The van der Waals surface area contributed by atoms with E-state index in [-0.39, 0.29) is 0 Å². The first-order valence-corrected chi connectivity index (χ1v) is 4.77. The van der Waals surface area contributed by atoms with E-state index in [1.54, 1.807) is 0 Å². The summed E-state index contributed by atoms with van der Waals surface area (Å²) in [5, 5.41) is 18.2. The van der Waals surface area contributed by atoms with Gasteiger partial charge < -0.3 is 15.5 Å². The minimum Gasteiger partial charge on any atom is -0.473 e. The molecule has 1 atom stereocenters. The van der Waals surface area contributed by atoms with Crippen molar-refractivity contribution in [2.75, 3.05) is 6.54 Å². The van der Waals surface area contributed by atoms with Gasteiger partial charge in [0.25, 0.3) is 0 Å². The van der Waals surface area contributed by atoms with Crippen molar-refractivity contribution in [3.05, 3.63) is 0 Å². The Kier molecular flexibility index (Phi) is 6.74. The molecule has 1 fully saturated rings. The number of hydrogen-bond acceptors (Lipinski definition) is 3.